The van der Waals surface area contributed by atoms with E-state index < -0.39 is 17.6 Å². The molecule has 8 heteroatoms. The fourth-order valence-corrected chi connectivity index (χ4v) is 3.86. The smallest absolute Gasteiger partial charge is 0.304 e. The van der Waals surface area contributed by atoms with Crippen molar-refractivity contribution in [3.8, 4) is 12.3 Å². The molecule has 0 bridgehead atoms. The molecule has 0 saturated carbocycles. The van der Waals surface area contributed by atoms with E-state index in [1.54, 1.807) is 16.7 Å². The average Bonchev–Trinajstić information content (AvgIpc) is 2.96. The summed E-state index contributed by atoms with van der Waals surface area (Å²) in [6.07, 6.45) is 0.890. The molecule has 138 valence electrons. The van der Waals surface area contributed by atoms with Gasteiger partial charge < -0.3 is 4.57 Å². The van der Waals surface area contributed by atoms with E-state index in [1.165, 1.54) is 23.5 Å². The van der Waals surface area contributed by atoms with Crippen LogP contribution in [0.15, 0.2) is 41.4 Å². The van der Waals surface area contributed by atoms with Gasteiger partial charge in [-0.05, 0) is 42.8 Å². The van der Waals surface area contributed by atoms with Gasteiger partial charge in [-0.15, -0.1) is 6.42 Å². The Morgan fingerprint density at radius 3 is 2.74 bits per heavy atom. The number of hydrogen-bond donors (Lipinski definition) is 0. The Morgan fingerprint density at radius 1 is 1.33 bits per heavy atom. The van der Waals surface area contributed by atoms with Gasteiger partial charge in [-0.3, -0.25) is 4.79 Å². The third-order valence-electron chi connectivity index (χ3n) is 3.91. The maximum absolute atomic E-state index is 12.9. The molecule has 0 saturated heterocycles. The molecule has 3 rings (SSSR count). The summed E-state index contributed by atoms with van der Waals surface area (Å²) >= 11 is 7.38. The van der Waals surface area contributed by atoms with Crippen molar-refractivity contribution in [2.24, 2.45) is 4.99 Å². The number of carbonyl (C=O) groups excluding carboxylic acids is 1. The molecule has 0 aliphatic rings. The predicted octanol–water partition coefficient (Wildman–Crippen LogP) is 5.06. The van der Waals surface area contributed by atoms with Crippen molar-refractivity contribution in [1.29, 1.82) is 0 Å². The van der Waals surface area contributed by atoms with E-state index in [-0.39, 0.29) is 12.1 Å². The number of alkyl halides is 3. The van der Waals surface area contributed by atoms with Gasteiger partial charge in [0.15, 0.2) is 4.80 Å². The van der Waals surface area contributed by atoms with Gasteiger partial charge in [0.2, 0.25) is 0 Å². The Bertz CT molecular complexity index is 1150. The lowest BCUT2D eigenvalue weighted by Gasteiger charge is -2.07. The van der Waals surface area contributed by atoms with Gasteiger partial charge in [-0.25, -0.2) is 0 Å². The summed E-state index contributed by atoms with van der Waals surface area (Å²) < 4.78 is 41.1. The number of hydrogen-bond acceptors (Lipinski definition) is 2. The number of carbonyl (C=O) groups is 1. The number of aromatic nitrogens is 1. The highest BCUT2D eigenvalue weighted by Crippen LogP contribution is 2.30. The zero-order valence-electron chi connectivity index (χ0n) is 14.0. The number of thiazole rings is 1. The predicted molar refractivity (Wildman–Crippen MR) is 99.7 cm³/mol. The molecular weight excluding hydrogens is 397 g/mol. The number of rotatable bonds is 2. The fourth-order valence-electron chi connectivity index (χ4n) is 2.62. The molecule has 1 amide bonds. The third-order valence-corrected chi connectivity index (χ3v) is 5.37. The molecule has 0 radical (unpaired) electrons. The number of nitrogens with zero attached hydrogens (tertiary/aromatic N) is 2. The van der Waals surface area contributed by atoms with Crippen LogP contribution in [0, 0.1) is 19.3 Å². The van der Waals surface area contributed by atoms with Crippen molar-refractivity contribution < 1.29 is 18.0 Å². The van der Waals surface area contributed by atoms with E-state index >= 15 is 0 Å². The van der Waals surface area contributed by atoms with Gasteiger partial charge in [0, 0.05) is 10.6 Å². The van der Waals surface area contributed by atoms with Crippen molar-refractivity contribution in [3.63, 3.8) is 0 Å². The van der Waals surface area contributed by atoms with Gasteiger partial charge in [0.1, 0.15) is 0 Å². The Hall–Kier alpha value is -2.56. The molecule has 1 heterocycles. The SMILES string of the molecule is C#CCn1c(=NC(=O)c2cccc(C(F)(F)F)c2)sc2ccc(Cl)c(C)c21. The Morgan fingerprint density at radius 2 is 2.07 bits per heavy atom. The largest absolute Gasteiger partial charge is 0.416 e. The lowest BCUT2D eigenvalue weighted by Crippen LogP contribution is -2.17. The number of aryl methyl sites for hydroxylation is 1. The van der Waals surface area contributed by atoms with Crippen LogP contribution in [-0.4, -0.2) is 10.5 Å². The topological polar surface area (TPSA) is 34.4 Å². The van der Waals surface area contributed by atoms with Crippen molar-refractivity contribution in [2.45, 2.75) is 19.6 Å². The first-order valence-electron chi connectivity index (χ1n) is 7.70. The second-order valence-corrected chi connectivity index (χ2v) is 7.11. The number of halogens is 4. The molecule has 1 aromatic heterocycles. The normalized spacial score (nSPS) is 12.4. The van der Waals surface area contributed by atoms with Crippen LogP contribution in [0.3, 0.4) is 0 Å². The summed E-state index contributed by atoms with van der Waals surface area (Å²) in [6.45, 7) is 1.97. The maximum Gasteiger partial charge on any atom is 0.416 e. The molecular formula is C19H12ClF3N2OS. The number of amides is 1. The quantitative estimate of drug-likeness (QED) is 0.546. The van der Waals surface area contributed by atoms with E-state index in [9.17, 15) is 18.0 Å². The number of fused-ring (bicyclic) bond motifs is 1. The van der Waals surface area contributed by atoms with Crippen molar-refractivity contribution in [1.82, 2.24) is 4.57 Å². The van der Waals surface area contributed by atoms with Crippen molar-refractivity contribution in [2.75, 3.05) is 0 Å². The van der Waals surface area contributed by atoms with Crippen molar-refractivity contribution in [3.05, 3.63) is 62.9 Å². The molecule has 0 aliphatic heterocycles. The highest BCUT2D eigenvalue weighted by molar-refractivity contribution is 7.16. The van der Waals surface area contributed by atoms with Crippen LogP contribution in [0.2, 0.25) is 5.02 Å². The van der Waals surface area contributed by atoms with Gasteiger partial charge in [0.05, 0.1) is 22.3 Å². The molecule has 0 N–H and O–H groups in total. The monoisotopic (exact) mass is 408 g/mol. The Kier molecular flexibility index (Phi) is 5.13. The fraction of sp³-hybridized carbons (Fsp3) is 0.158. The molecule has 0 fully saturated rings. The second-order valence-electron chi connectivity index (χ2n) is 5.69. The van der Waals surface area contributed by atoms with Crippen LogP contribution in [0.5, 0.6) is 0 Å². The molecule has 3 aromatic rings. The molecule has 0 spiro atoms. The van der Waals surface area contributed by atoms with Crippen LogP contribution in [-0.2, 0) is 12.7 Å². The first-order valence-corrected chi connectivity index (χ1v) is 8.90. The van der Waals surface area contributed by atoms with E-state index in [0.29, 0.717) is 9.82 Å². The molecule has 2 aromatic carbocycles. The van der Waals surface area contributed by atoms with Gasteiger partial charge in [0.25, 0.3) is 5.91 Å². The second kappa shape index (κ2) is 7.22. The summed E-state index contributed by atoms with van der Waals surface area (Å²) in [6, 6.07) is 7.68. The summed E-state index contributed by atoms with van der Waals surface area (Å²) in [5, 5.41) is 0.543. The molecule has 27 heavy (non-hydrogen) atoms. The minimum absolute atomic E-state index is 0.149. The van der Waals surface area contributed by atoms with Crippen LogP contribution >= 0.6 is 22.9 Å². The first kappa shape index (κ1) is 19.2. The van der Waals surface area contributed by atoms with E-state index in [4.69, 9.17) is 18.0 Å². The first-order chi connectivity index (χ1) is 12.7. The standard InChI is InChI=1S/C19H12ClF3N2OS/c1-3-9-25-16-11(2)14(20)7-8-15(16)27-18(25)24-17(26)12-5-4-6-13(10-12)19(21,22)23/h1,4-8,10H,9H2,2H3. The molecule has 0 unspecified atom stereocenters. The summed E-state index contributed by atoms with van der Waals surface area (Å²) in [5.41, 5.74) is 0.484. The van der Waals surface area contributed by atoms with E-state index in [1.807, 2.05) is 6.92 Å². The lowest BCUT2D eigenvalue weighted by atomic mass is 10.1. The van der Waals surface area contributed by atoms with Crippen LogP contribution < -0.4 is 4.80 Å². The number of benzene rings is 2. The van der Waals surface area contributed by atoms with Crippen LogP contribution in [0.1, 0.15) is 21.5 Å². The van der Waals surface area contributed by atoms with Crippen LogP contribution in [0.4, 0.5) is 13.2 Å². The minimum atomic E-state index is -4.54. The van der Waals surface area contributed by atoms with Gasteiger partial charge >= 0.3 is 6.18 Å². The summed E-state index contributed by atoms with van der Waals surface area (Å²) in [4.78, 5) is 16.8. The average molecular weight is 409 g/mol. The lowest BCUT2D eigenvalue weighted by molar-refractivity contribution is -0.137. The van der Waals surface area contributed by atoms with Crippen molar-refractivity contribution >= 4 is 39.1 Å². The van der Waals surface area contributed by atoms with Gasteiger partial charge in [-0.1, -0.05) is 34.9 Å². The minimum Gasteiger partial charge on any atom is -0.304 e. The van der Waals surface area contributed by atoms with Crippen LogP contribution in [0.25, 0.3) is 10.2 Å². The highest BCUT2D eigenvalue weighted by atomic mass is 35.5. The van der Waals surface area contributed by atoms with E-state index in [2.05, 4.69) is 10.9 Å². The summed E-state index contributed by atoms with van der Waals surface area (Å²) in [5.74, 6) is 1.72. The molecule has 3 nitrogen and oxygen atoms in total. The third kappa shape index (κ3) is 3.77. The van der Waals surface area contributed by atoms with E-state index in [0.717, 1.165) is 27.9 Å². The summed E-state index contributed by atoms with van der Waals surface area (Å²) in [7, 11) is 0. The highest BCUT2D eigenvalue weighted by Gasteiger charge is 2.30. The maximum atomic E-state index is 12.9. The Labute approximate surface area is 161 Å². The number of terminal acetylenes is 1. The zero-order chi connectivity index (χ0) is 19.8. The zero-order valence-corrected chi connectivity index (χ0v) is 15.5. The molecule has 0 aliphatic carbocycles. The molecule has 0 atom stereocenters. The Balaban J connectivity index is 2.16. The van der Waals surface area contributed by atoms with Gasteiger partial charge in [-0.2, -0.15) is 18.2 Å².